The van der Waals surface area contributed by atoms with Gasteiger partial charge < -0.3 is 24.4 Å². The Morgan fingerprint density at radius 1 is 1.15 bits per heavy atom. The number of rotatable bonds is 6. The van der Waals surface area contributed by atoms with Gasteiger partial charge in [0.2, 0.25) is 12.0 Å². The number of nitrogens with one attached hydrogen (secondary N) is 1. The quantitative estimate of drug-likeness (QED) is 0.607. The van der Waals surface area contributed by atoms with E-state index in [4.69, 9.17) is 19.2 Å². The van der Waals surface area contributed by atoms with Crippen molar-refractivity contribution in [3.63, 3.8) is 0 Å². The largest absolute Gasteiger partial charge is 0.493 e. The van der Waals surface area contributed by atoms with E-state index in [0.29, 0.717) is 41.8 Å². The Bertz CT molecular complexity index is 1130. The Morgan fingerprint density at radius 3 is 2.67 bits per heavy atom. The van der Waals surface area contributed by atoms with Gasteiger partial charge in [-0.25, -0.2) is 0 Å². The summed E-state index contributed by atoms with van der Waals surface area (Å²) in [7, 11) is 1.56. The third-order valence-electron chi connectivity index (χ3n) is 5.71. The molecule has 1 atom stereocenters. The Labute approximate surface area is 194 Å². The third-order valence-corrected chi connectivity index (χ3v) is 5.71. The van der Waals surface area contributed by atoms with Crippen molar-refractivity contribution in [1.82, 2.24) is 15.2 Å². The first-order valence-corrected chi connectivity index (χ1v) is 11.5. The van der Waals surface area contributed by atoms with Crippen molar-refractivity contribution >= 4 is 16.8 Å². The monoisotopic (exact) mass is 449 g/mol. The Kier molecular flexibility index (Phi) is 6.99. The van der Waals surface area contributed by atoms with E-state index in [0.717, 1.165) is 29.7 Å². The van der Waals surface area contributed by atoms with Crippen LogP contribution >= 0.6 is 0 Å². The number of methoxy groups -OCH3 is 1. The van der Waals surface area contributed by atoms with Crippen LogP contribution in [0.2, 0.25) is 0 Å². The highest BCUT2D eigenvalue weighted by Gasteiger charge is 2.30. The molecule has 0 saturated carbocycles. The lowest BCUT2D eigenvalue weighted by Gasteiger charge is -2.33. The molecule has 0 radical (unpaired) electrons. The first-order chi connectivity index (χ1) is 16.1. The van der Waals surface area contributed by atoms with Gasteiger partial charge in [-0.15, -0.1) is 0 Å². The highest BCUT2D eigenvalue weighted by Crippen LogP contribution is 2.43. The van der Waals surface area contributed by atoms with E-state index in [1.165, 1.54) is 0 Å². The topological polar surface area (TPSA) is 72.9 Å². The molecule has 0 spiro atoms. The maximum absolute atomic E-state index is 13.6. The number of carbonyl (C=O) groups is 1. The van der Waals surface area contributed by atoms with Gasteiger partial charge in [0.15, 0.2) is 11.5 Å². The summed E-state index contributed by atoms with van der Waals surface area (Å²) in [5, 5.41) is 4.37. The van der Waals surface area contributed by atoms with E-state index in [1.807, 2.05) is 56.0 Å². The number of carbonyl (C=O) groups excluding carboxylic acids is 1. The Morgan fingerprint density at radius 2 is 1.94 bits per heavy atom. The number of nitrogens with zero attached hydrogens (tertiary/aromatic N) is 2. The van der Waals surface area contributed by atoms with Crippen LogP contribution in [0.3, 0.4) is 0 Å². The number of amides is 1. The van der Waals surface area contributed by atoms with E-state index in [9.17, 15) is 4.79 Å². The molecule has 2 aliphatic heterocycles. The average molecular weight is 450 g/mol. The molecule has 3 heterocycles. The molecule has 33 heavy (non-hydrogen) atoms. The average Bonchev–Trinajstić information content (AvgIpc) is 3.20. The zero-order chi connectivity index (χ0) is 23.4. The second-order valence-corrected chi connectivity index (χ2v) is 8.01. The van der Waals surface area contributed by atoms with Gasteiger partial charge in [-0.05, 0) is 24.3 Å². The molecule has 1 fully saturated rings. The maximum atomic E-state index is 13.6. The Balaban J connectivity index is 0.00000126. The van der Waals surface area contributed by atoms with Gasteiger partial charge in [0.1, 0.15) is 0 Å². The smallest absolute Gasteiger partial charge is 0.254 e. The van der Waals surface area contributed by atoms with Gasteiger partial charge in [-0.1, -0.05) is 38.1 Å². The standard InChI is InChI=1S/C24H25N3O4.C2H6/c1-15-30-22-10-18(9-21(29-2)23(22)31-15)24(28)27(13-16-11-25-12-16)14-19-8-7-17-5-3-4-6-20(17)26-19;1-2/h3-10,15-16,25H,11-14H2,1-2H3;1-2H3. The molecule has 1 N–H and O–H groups in total. The van der Waals surface area contributed by atoms with Gasteiger partial charge in [0.25, 0.3) is 5.91 Å². The molecular weight excluding hydrogens is 418 g/mol. The van der Waals surface area contributed by atoms with Crippen molar-refractivity contribution in [3.05, 3.63) is 59.8 Å². The normalized spacial score (nSPS) is 16.5. The summed E-state index contributed by atoms with van der Waals surface area (Å²) >= 11 is 0. The SMILES string of the molecule is CC.COc1cc(C(=O)N(Cc2ccc3ccccc3n2)CC2CNC2)cc2c1OC(C)O2. The number of hydrogen-bond acceptors (Lipinski definition) is 6. The zero-order valence-electron chi connectivity index (χ0n) is 19.6. The molecule has 7 nitrogen and oxygen atoms in total. The van der Waals surface area contributed by atoms with E-state index in [-0.39, 0.29) is 5.91 Å². The zero-order valence-corrected chi connectivity index (χ0v) is 19.6. The van der Waals surface area contributed by atoms with Crippen LogP contribution in [0.4, 0.5) is 0 Å². The van der Waals surface area contributed by atoms with E-state index in [2.05, 4.69) is 11.4 Å². The van der Waals surface area contributed by atoms with Crippen LogP contribution in [0.5, 0.6) is 17.2 Å². The minimum absolute atomic E-state index is 0.0777. The number of pyridine rings is 1. The highest BCUT2D eigenvalue weighted by molar-refractivity contribution is 5.95. The van der Waals surface area contributed by atoms with Crippen molar-refractivity contribution in [2.75, 3.05) is 26.7 Å². The van der Waals surface area contributed by atoms with Crippen LogP contribution in [-0.2, 0) is 6.54 Å². The number of ether oxygens (including phenoxy) is 3. The van der Waals surface area contributed by atoms with Gasteiger partial charge in [-0.2, -0.15) is 0 Å². The lowest BCUT2D eigenvalue weighted by molar-refractivity contribution is 0.0657. The van der Waals surface area contributed by atoms with E-state index in [1.54, 1.807) is 19.2 Å². The van der Waals surface area contributed by atoms with Gasteiger partial charge in [0, 0.05) is 43.4 Å². The van der Waals surface area contributed by atoms with Crippen LogP contribution in [0.25, 0.3) is 10.9 Å². The van der Waals surface area contributed by atoms with Crippen LogP contribution < -0.4 is 19.5 Å². The van der Waals surface area contributed by atoms with Gasteiger partial charge in [-0.3, -0.25) is 9.78 Å². The van der Waals surface area contributed by atoms with Crippen molar-refractivity contribution in [3.8, 4) is 17.2 Å². The predicted octanol–water partition coefficient (Wildman–Crippen LogP) is 4.25. The summed E-state index contributed by atoms with van der Waals surface area (Å²) in [4.78, 5) is 20.2. The fourth-order valence-corrected chi connectivity index (χ4v) is 4.01. The second kappa shape index (κ2) is 10.1. The minimum atomic E-state index is -0.409. The fraction of sp³-hybridized carbons (Fsp3) is 0.385. The second-order valence-electron chi connectivity index (χ2n) is 8.01. The first-order valence-electron chi connectivity index (χ1n) is 11.5. The number of para-hydroxylation sites is 1. The lowest BCUT2D eigenvalue weighted by Crippen LogP contribution is -2.49. The third kappa shape index (κ3) is 4.88. The molecule has 2 aliphatic rings. The number of fused-ring (bicyclic) bond motifs is 2. The van der Waals surface area contributed by atoms with Crippen molar-refractivity contribution in [2.45, 2.75) is 33.6 Å². The van der Waals surface area contributed by atoms with Crippen molar-refractivity contribution in [2.24, 2.45) is 5.92 Å². The Hall–Kier alpha value is -3.32. The number of hydrogen-bond donors (Lipinski definition) is 1. The number of benzene rings is 2. The first kappa shape index (κ1) is 22.9. The minimum Gasteiger partial charge on any atom is -0.493 e. The van der Waals surface area contributed by atoms with Crippen LogP contribution in [0.15, 0.2) is 48.5 Å². The molecular formula is C26H31N3O4. The molecule has 7 heteroatoms. The van der Waals surface area contributed by atoms with Crippen LogP contribution in [0.1, 0.15) is 36.8 Å². The molecule has 1 unspecified atom stereocenters. The lowest BCUT2D eigenvalue weighted by atomic mass is 10.0. The highest BCUT2D eigenvalue weighted by atomic mass is 16.7. The van der Waals surface area contributed by atoms with E-state index < -0.39 is 6.29 Å². The molecule has 0 aliphatic carbocycles. The van der Waals surface area contributed by atoms with Gasteiger partial charge in [0.05, 0.1) is 24.9 Å². The summed E-state index contributed by atoms with van der Waals surface area (Å²) in [5.74, 6) is 1.92. The molecule has 2 aromatic carbocycles. The van der Waals surface area contributed by atoms with Crippen molar-refractivity contribution < 1.29 is 19.0 Å². The molecule has 1 saturated heterocycles. The molecule has 0 bridgehead atoms. The summed E-state index contributed by atoms with van der Waals surface area (Å²) in [5.41, 5.74) is 2.30. The predicted molar refractivity (Wildman–Crippen MR) is 128 cm³/mol. The van der Waals surface area contributed by atoms with Crippen molar-refractivity contribution in [1.29, 1.82) is 0 Å². The molecule has 174 valence electrons. The van der Waals surface area contributed by atoms with Crippen LogP contribution in [-0.4, -0.2) is 48.8 Å². The van der Waals surface area contributed by atoms with E-state index >= 15 is 0 Å². The summed E-state index contributed by atoms with van der Waals surface area (Å²) < 4.78 is 16.8. The number of aromatic nitrogens is 1. The summed E-state index contributed by atoms with van der Waals surface area (Å²) in [6.45, 7) is 8.73. The molecule has 5 rings (SSSR count). The fourth-order valence-electron chi connectivity index (χ4n) is 4.01. The van der Waals surface area contributed by atoms with Gasteiger partial charge >= 0.3 is 0 Å². The molecule has 1 amide bonds. The van der Waals surface area contributed by atoms with Crippen LogP contribution in [0, 0.1) is 5.92 Å². The summed E-state index contributed by atoms with van der Waals surface area (Å²) in [6.07, 6.45) is -0.409. The molecule has 3 aromatic rings. The summed E-state index contributed by atoms with van der Waals surface area (Å²) in [6, 6.07) is 15.5. The molecule has 1 aromatic heterocycles. The maximum Gasteiger partial charge on any atom is 0.254 e.